The number of ether oxygens (including phenoxy) is 2. The molecule has 0 spiro atoms. The number of rotatable bonds is 7. The number of halogens is 2. The lowest BCUT2D eigenvalue weighted by molar-refractivity contribution is -0.142. The van der Waals surface area contributed by atoms with E-state index >= 15 is 0 Å². The zero-order chi connectivity index (χ0) is 23.4. The van der Waals surface area contributed by atoms with Crippen LogP contribution in [0.4, 0.5) is 0 Å². The molecule has 1 atom stereocenters. The van der Waals surface area contributed by atoms with Crippen LogP contribution in [0.3, 0.4) is 0 Å². The van der Waals surface area contributed by atoms with E-state index in [9.17, 15) is 9.59 Å². The molecule has 0 bridgehead atoms. The van der Waals surface area contributed by atoms with Gasteiger partial charge in [0.15, 0.2) is 0 Å². The van der Waals surface area contributed by atoms with Crippen LogP contribution in [0.25, 0.3) is 11.0 Å². The van der Waals surface area contributed by atoms with Crippen LogP contribution in [0.15, 0.2) is 82.0 Å². The Morgan fingerprint density at radius 1 is 0.909 bits per heavy atom. The molecule has 3 aromatic carbocycles. The highest BCUT2D eigenvalue weighted by Gasteiger charge is 2.25. The molecular weight excluding hydrogens is 463 g/mol. The maximum Gasteiger partial charge on any atom is 0.336 e. The van der Waals surface area contributed by atoms with E-state index in [4.69, 9.17) is 37.1 Å². The first kappa shape index (κ1) is 22.9. The van der Waals surface area contributed by atoms with E-state index in [0.717, 1.165) is 11.1 Å². The topological polar surface area (TPSA) is 65.7 Å². The van der Waals surface area contributed by atoms with E-state index in [2.05, 4.69) is 0 Å². The summed E-state index contributed by atoms with van der Waals surface area (Å²) >= 11 is 11.9. The predicted octanol–water partition coefficient (Wildman–Crippen LogP) is 6.18. The van der Waals surface area contributed by atoms with Gasteiger partial charge in [0.1, 0.15) is 17.9 Å². The highest BCUT2D eigenvalue weighted by molar-refractivity contribution is 6.30. The molecule has 1 heterocycles. The fourth-order valence-electron chi connectivity index (χ4n) is 3.61. The monoisotopic (exact) mass is 482 g/mol. The molecule has 0 saturated heterocycles. The van der Waals surface area contributed by atoms with E-state index < -0.39 is 17.5 Å². The average Bonchev–Trinajstić information content (AvgIpc) is 2.82. The molecule has 0 radical (unpaired) electrons. The summed E-state index contributed by atoms with van der Waals surface area (Å²) in [7, 11) is 1.33. The van der Waals surface area contributed by atoms with Gasteiger partial charge in [-0.15, -0.1) is 0 Å². The summed E-state index contributed by atoms with van der Waals surface area (Å²) in [6.45, 7) is 0.327. The van der Waals surface area contributed by atoms with E-state index in [1.807, 2.05) is 24.3 Å². The largest absolute Gasteiger partial charge is 0.489 e. The lowest BCUT2D eigenvalue weighted by Gasteiger charge is -2.17. The number of hydrogen-bond donors (Lipinski definition) is 0. The first-order valence-corrected chi connectivity index (χ1v) is 11.0. The van der Waals surface area contributed by atoms with Gasteiger partial charge < -0.3 is 13.9 Å². The third-order valence-electron chi connectivity index (χ3n) is 5.28. The van der Waals surface area contributed by atoms with Crippen molar-refractivity contribution in [2.24, 2.45) is 0 Å². The molecule has 4 rings (SSSR count). The summed E-state index contributed by atoms with van der Waals surface area (Å²) in [4.78, 5) is 25.0. The average molecular weight is 483 g/mol. The minimum Gasteiger partial charge on any atom is -0.489 e. The summed E-state index contributed by atoms with van der Waals surface area (Å²) in [5.41, 5.74) is 2.14. The molecule has 1 unspecified atom stereocenters. The van der Waals surface area contributed by atoms with Crippen molar-refractivity contribution in [1.29, 1.82) is 0 Å². The number of esters is 1. The van der Waals surface area contributed by atoms with E-state index in [1.54, 1.807) is 42.5 Å². The molecule has 0 aliphatic carbocycles. The minimum absolute atomic E-state index is 0.327. The molecule has 0 aliphatic heterocycles. The van der Waals surface area contributed by atoms with Gasteiger partial charge in [0, 0.05) is 27.6 Å². The van der Waals surface area contributed by atoms with Gasteiger partial charge in [-0.05, 0) is 59.5 Å². The van der Waals surface area contributed by atoms with E-state index in [0.29, 0.717) is 45.4 Å². The quantitative estimate of drug-likeness (QED) is 0.232. The fraction of sp³-hybridized carbons (Fsp3) is 0.154. The highest BCUT2D eigenvalue weighted by atomic mass is 35.5. The van der Waals surface area contributed by atoms with Gasteiger partial charge in [0.2, 0.25) is 0 Å². The molecule has 0 amide bonds. The van der Waals surface area contributed by atoms with Crippen molar-refractivity contribution in [3.8, 4) is 5.75 Å². The van der Waals surface area contributed by atoms with Gasteiger partial charge >= 0.3 is 11.6 Å². The number of benzene rings is 3. The Morgan fingerprint density at radius 3 is 2.18 bits per heavy atom. The molecule has 4 aromatic rings. The number of fused-ring (bicyclic) bond motifs is 1. The molecule has 0 saturated carbocycles. The molecule has 5 nitrogen and oxygen atoms in total. The fourth-order valence-corrected chi connectivity index (χ4v) is 3.86. The summed E-state index contributed by atoms with van der Waals surface area (Å²) in [6, 6.07) is 21.1. The summed E-state index contributed by atoms with van der Waals surface area (Å²) in [6.07, 6.45) is 0.344. The van der Waals surface area contributed by atoms with Crippen molar-refractivity contribution in [3.63, 3.8) is 0 Å². The first-order chi connectivity index (χ1) is 15.9. The second-order valence-corrected chi connectivity index (χ2v) is 8.37. The van der Waals surface area contributed by atoms with Crippen molar-refractivity contribution in [1.82, 2.24) is 0 Å². The van der Waals surface area contributed by atoms with Crippen molar-refractivity contribution in [2.75, 3.05) is 7.11 Å². The maximum absolute atomic E-state index is 12.7. The van der Waals surface area contributed by atoms with Gasteiger partial charge in [-0.1, -0.05) is 47.5 Å². The zero-order valence-corrected chi connectivity index (χ0v) is 19.2. The third kappa shape index (κ3) is 5.56. The number of carbonyl (C=O) groups excluding carboxylic acids is 1. The second kappa shape index (κ2) is 10.1. The number of carbonyl (C=O) groups is 1. The van der Waals surface area contributed by atoms with Gasteiger partial charge in [-0.25, -0.2) is 4.79 Å². The van der Waals surface area contributed by atoms with Crippen molar-refractivity contribution >= 4 is 40.1 Å². The van der Waals surface area contributed by atoms with Crippen LogP contribution >= 0.6 is 23.2 Å². The van der Waals surface area contributed by atoms with Crippen LogP contribution in [-0.2, 0) is 22.6 Å². The third-order valence-corrected chi connectivity index (χ3v) is 5.78. The SMILES string of the molecule is COC(=O)C(Cc1ccc(Cl)cc1)c1cc(=O)oc2cc(OCc3ccc(Cl)cc3)ccc12. The minimum atomic E-state index is -0.691. The van der Waals surface area contributed by atoms with E-state index in [1.165, 1.54) is 13.2 Å². The van der Waals surface area contributed by atoms with Gasteiger partial charge in [0.25, 0.3) is 0 Å². The second-order valence-electron chi connectivity index (χ2n) is 7.50. The molecule has 168 valence electrons. The predicted molar refractivity (Wildman–Crippen MR) is 128 cm³/mol. The smallest absolute Gasteiger partial charge is 0.336 e. The van der Waals surface area contributed by atoms with E-state index in [-0.39, 0.29) is 0 Å². The molecule has 0 N–H and O–H groups in total. The van der Waals surface area contributed by atoms with Gasteiger partial charge in [0.05, 0.1) is 13.0 Å². The Kier molecular flexibility index (Phi) is 7.02. The molecular formula is C26H20Cl2O5. The Hall–Kier alpha value is -3.28. The Bertz CT molecular complexity index is 1330. The van der Waals surface area contributed by atoms with Crippen LogP contribution in [0.2, 0.25) is 10.0 Å². The van der Waals surface area contributed by atoms with Crippen molar-refractivity contribution < 1.29 is 18.7 Å². The van der Waals surface area contributed by atoms with Crippen molar-refractivity contribution in [2.45, 2.75) is 18.9 Å². The summed E-state index contributed by atoms with van der Waals surface area (Å²) < 4.78 is 16.3. The molecule has 7 heteroatoms. The summed E-state index contributed by atoms with van der Waals surface area (Å²) in [5.74, 6) is -0.603. The Balaban J connectivity index is 1.66. The first-order valence-electron chi connectivity index (χ1n) is 10.2. The zero-order valence-electron chi connectivity index (χ0n) is 17.7. The lowest BCUT2D eigenvalue weighted by Crippen LogP contribution is -2.19. The standard InChI is InChI=1S/C26H20Cl2O5/c1-31-26(30)23(12-16-2-6-18(27)7-3-16)22-14-25(29)33-24-13-20(10-11-21(22)24)32-15-17-4-8-19(28)9-5-17/h2-11,13-14,23H,12,15H2,1H3. The molecule has 0 aliphatic rings. The number of methoxy groups -OCH3 is 1. The van der Waals surface area contributed by atoms with Crippen LogP contribution in [0, 0.1) is 0 Å². The van der Waals surface area contributed by atoms with Crippen LogP contribution in [0.5, 0.6) is 5.75 Å². The molecule has 33 heavy (non-hydrogen) atoms. The highest BCUT2D eigenvalue weighted by Crippen LogP contribution is 2.31. The van der Waals surface area contributed by atoms with Crippen LogP contribution in [0.1, 0.15) is 22.6 Å². The Labute approximate surface area is 200 Å². The number of hydrogen-bond acceptors (Lipinski definition) is 5. The van der Waals surface area contributed by atoms with Crippen LogP contribution in [-0.4, -0.2) is 13.1 Å². The van der Waals surface area contributed by atoms with Crippen molar-refractivity contribution in [3.05, 3.63) is 110 Å². The molecule has 0 fully saturated rings. The van der Waals surface area contributed by atoms with Gasteiger partial charge in [-0.2, -0.15) is 0 Å². The van der Waals surface area contributed by atoms with Crippen LogP contribution < -0.4 is 10.4 Å². The summed E-state index contributed by atoms with van der Waals surface area (Å²) in [5, 5.41) is 1.89. The normalized spacial score (nSPS) is 11.8. The van der Waals surface area contributed by atoms with Gasteiger partial charge in [-0.3, -0.25) is 4.79 Å². The maximum atomic E-state index is 12.7. The Morgan fingerprint density at radius 2 is 1.55 bits per heavy atom. The molecule has 1 aromatic heterocycles. The lowest BCUT2D eigenvalue weighted by atomic mass is 9.90.